The summed E-state index contributed by atoms with van der Waals surface area (Å²) in [6, 6.07) is 4.69. The van der Waals surface area contributed by atoms with Crippen LogP contribution in [0.1, 0.15) is 5.69 Å². The zero-order valence-electron chi connectivity index (χ0n) is 39.6. The highest BCUT2D eigenvalue weighted by Crippen LogP contribution is 1.98. The van der Waals surface area contributed by atoms with Gasteiger partial charge in [0.2, 0.25) is 0 Å². The average molecular weight is 963 g/mol. The first kappa shape index (κ1) is 60.2. The maximum Gasteiger partial charge on any atom is 0.323 e. The summed E-state index contributed by atoms with van der Waals surface area (Å²) in [6.07, 6.45) is 13.2. The van der Waals surface area contributed by atoms with E-state index in [1.165, 1.54) is 11.2 Å². The summed E-state index contributed by atoms with van der Waals surface area (Å²) in [4.78, 5) is 20.4. The lowest BCUT2D eigenvalue weighted by molar-refractivity contribution is -0.146. The average Bonchev–Trinajstić information content (AvgIpc) is 3.96. The van der Waals surface area contributed by atoms with Crippen LogP contribution in [0.2, 0.25) is 0 Å². The third-order valence-electron chi connectivity index (χ3n) is 6.00. The summed E-state index contributed by atoms with van der Waals surface area (Å²) >= 11 is 0. The molecule has 336 valence electrons. The number of nitrogens with zero attached hydrogens (tertiary/aromatic N) is 2. The van der Waals surface area contributed by atoms with Crippen LogP contribution < -0.4 is 5.73 Å². The lowest BCUT2D eigenvalue weighted by Gasteiger charge is -2.12. The molecule has 77 heavy (non-hydrogen) atoms. The van der Waals surface area contributed by atoms with E-state index in [0.717, 1.165) is 0 Å². The Labute approximate surface area is 452 Å². The van der Waals surface area contributed by atoms with Crippen molar-refractivity contribution in [2.45, 2.75) is 12.5 Å². The molecule has 0 aliphatic carbocycles. The van der Waals surface area contributed by atoms with Crippen molar-refractivity contribution in [3.05, 3.63) is 18.2 Å². The van der Waals surface area contributed by atoms with Gasteiger partial charge in [-0.3, -0.25) is 9.69 Å². The van der Waals surface area contributed by atoms with E-state index in [9.17, 15) is 4.79 Å². The van der Waals surface area contributed by atoms with Crippen LogP contribution in [0.5, 0.6) is 0 Å². The van der Waals surface area contributed by atoms with Gasteiger partial charge in [-0.2, -0.15) is 0 Å². The van der Waals surface area contributed by atoms with Gasteiger partial charge in [0.15, 0.2) is 0 Å². The van der Waals surface area contributed by atoms with Crippen LogP contribution in [-0.2, 0) is 20.7 Å². The number of H-pyrrole nitrogens is 1. The number of nitrogens with one attached hydrogen (secondary N) is 1. The van der Waals surface area contributed by atoms with Gasteiger partial charge in [-0.15, -0.1) is 12.8 Å². The molecule has 7 heteroatoms. The Bertz CT molecular complexity index is 4250. The van der Waals surface area contributed by atoms with Crippen molar-refractivity contribution < 1.29 is 14.3 Å². The molecule has 1 heterocycles. The van der Waals surface area contributed by atoms with Crippen LogP contribution in [0.15, 0.2) is 12.5 Å². The zero-order chi connectivity index (χ0) is 55.1. The number of ether oxygens (including phenoxy) is 2. The highest BCUT2D eigenvalue weighted by Gasteiger charge is 2.16. The molecule has 3 N–H and O–H groups in total. The topological polar surface area (TPSA) is 93.5 Å². The lowest BCUT2D eigenvalue weighted by Crippen LogP contribution is -2.35. The van der Waals surface area contributed by atoms with Gasteiger partial charge in [0.05, 0.1) is 26.1 Å². The summed E-state index contributed by atoms with van der Waals surface area (Å²) < 4.78 is 10.8. The molecule has 0 aliphatic rings. The molecule has 0 saturated heterocycles. The summed E-state index contributed by atoms with van der Waals surface area (Å²) in [5.41, 5.74) is 6.61. The molecule has 0 spiro atoms. The molecule has 0 radical (unpaired) electrons. The first-order valence-corrected chi connectivity index (χ1v) is 20.3. The predicted molar refractivity (Wildman–Crippen MR) is 294 cm³/mol. The summed E-state index contributed by atoms with van der Waals surface area (Å²) in [7, 11) is 0. The summed E-state index contributed by atoms with van der Waals surface area (Å²) in [6.45, 7) is 0.483. The Morgan fingerprint density at radius 3 is 0.922 bits per heavy atom. The van der Waals surface area contributed by atoms with E-state index >= 15 is 0 Å². The molecular weight excluding hydrogens is 945 g/mol. The molecule has 1 rings (SSSR count). The number of esters is 1. The van der Waals surface area contributed by atoms with E-state index in [-0.39, 0.29) is 32.8 Å². The lowest BCUT2D eigenvalue weighted by atomic mass is 10.2. The molecule has 7 nitrogen and oxygen atoms in total. The fourth-order valence-corrected chi connectivity index (χ4v) is 3.25. The maximum atomic E-state index is 12.2. The molecule has 0 amide bonds. The normalized spacial score (nSPS) is 5.96. The molecule has 0 fully saturated rings. The number of imidazole rings is 1. The monoisotopic (exact) mass is 962 g/mol. The minimum absolute atomic E-state index is 0.00907. The number of aromatic amines is 1. The van der Waals surface area contributed by atoms with Crippen LogP contribution in [0.4, 0.5) is 0 Å². The van der Waals surface area contributed by atoms with E-state index in [2.05, 4.69) is 354 Å². The number of rotatable bonds is 9. The van der Waals surface area contributed by atoms with Gasteiger partial charge >= 0.3 is 5.97 Å². The first-order chi connectivity index (χ1) is 38.2. The van der Waals surface area contributed by atoms with Crippen LogP contribution in [0.3, 0.4) is 0 Å². The van der Waals surface area contributed by atoms with Crippen LogP contribution in [0, 0.1) is 356 Å². The second kappa shape index (κ2) is 50.6. The van der Waals surface area contributed by atoms with Crippen molar-refractivity contribution in [3.63, 3.8) is 0 Å². The molecule has 1 atom stereocenters. The van der Waals surface area contributed by atoms with Gasteiger partial charge < -0.3 is 20.2 Å². The van der Waals surface area contributed by atoms with Crippen LogP contribution in [-0.4, -0.2) is 53.2 Å². The van der Waals surface area contributed by atoms with Gasteiger partial charge in [-0.1, -0.05) is 0 Å². The van der Waals surface area contributed by atoms with Gasteiger partial charge in [0, 0.05) is 267 Å². The quantitative estimate of drug-likeness (QED) is 0.149. The standard InChI is InChI=1S/C70H18N4O3/c1-3-5-7-9-11-13-15-17-19-21-23-25-27-29-31-33-35-37-39-41-43-45-47-49-51-53-55-57-59-74(61-62-76-63-64-77-70(75)69(71)65-68-66-72-67-73-68)60-58-56-54-52-50-48-46-44-42-40-38-36-34-32-30-28-26-24-22-20-18-16-14-12-10-8-6-4-2/h1-2,66-67,69H,61-65,71H2,(H,72,73). The predicted octanol–water partition coefficient (Wildman–Crippen LogP) is -0.582. The molecule has 0 bridgehead atoms. The number of hydrogen-bond donors (Lipinski definition) is 2. The minimum atomic E-state index is -0.853. The van der Waals surface area contributed by atoms with Crippen molar-refractivity contribution in [2.75, 3.05) is 26.4 Å². The first-order valence-electron chi connectivity index (χ1n) is 20.3. The van der Waals surface area contributed by atoms with Crippen molar-refractivity contribution in [1.29, 1.82) is 0 Å². The number of aromatic nitrogens is 2. The Kier molecular flexibility index (Phi) is 39.6. The highest BCUT2D eigenvalue weighted by atomic mass is 16.6. The van der Waals surface area contributed by atoms with Gasteiger partial charge in [0.25, 0.3) is 0 Å². The third kappa shape index (κ3) is 44.8. The molecule has 0 aromatic carbocycles. The van der Waals surface area contributed by atoms with E-state index in [1.807, 2.05) is 0 Å². The molecular formula is C70H18N4O3. The Balaban J connectivity index is 2.81. The Morgan fingerprint density at radius 1 is 0.416 bits per heavy atom. The van der Waals surface area contributed by atoms with Gasteiger partial charge in [0.1, 0.15) is 12.6 Å². The number of carbonyl (C=O) groups excluding carboxylic acids is 1. The van der Waals surface area contributed by atoms with Crippen molar-refractivity contribution >= 4 is 5.97 Å². The summed E-state index contributed by atoms with van der Waals surface area (Å²) in [5.74, 6) is 139. The van der Waals surface area contributed by atoms with E-state index in [0.29, 0.717) is 5.69 Å². The smallest absolute Gasteiger partial charge is 0.323 e. The van der Waals surface area contributed by atoms with Gasteiger partial charge in [-0.25, -0.2) is 4.98 Å². The fourth-order valence-electron chi connectivity index (χ4n) is 3.25. The van der Waals surface area contributed by atoms with Crippen molar-refractivity contribution in [3.8, 4) is 356 Å². The molecule has 1 aromatic rings. The molecule has 0 saturated carbocycles. The van der Waals surface area contributed by atoms with E-state index < -0.39 is 12.0 Å². The van der Waals surface area contributed by atoms with Crippen LogP contribution >= 0.6 is 0 Å². The van der Waals surface area contributed by atoms with E-state index in [4.69, 9.17) is 28.1 Å². The molecule has 0 aliphatic heterocycles. The Hall–Kier alpha value is -14.8. The fraction of sp³-hybridized carbons (Fsp3) is 0.0857. The summed E-state index contributed by atoms with van der Waals surface area (Å²) in [5, 5.41) is 0. The largest absolute Gasteiger partial charge is 0.462 e. The van der Waals surface area contributed by atoms with Crippen molar-refractivity contribution in [1.82, 2.24) is 14.9 Å². The van der Waals surface area contributed by atoms with Gasteiger partial charge in [-0.05, 0) is 94.7 Å². The van der Waals surface area contributed by atoms with Crippen molar-refractivity contribution in [2.24, 2.45) is 5.73 Å². The molecule has 1 aromatic heterocycles. The second-order valence-electron chi connectivity index (χ2n) is 11.1. The highest BCUT2D eigenvalue weighted by molar-refractivity contribution is 5.75. The Morgan fingerprint density at radius 2 is 0.675 bits per heavy atom. The number of carbonyl (C=O) groups is 1. The van der Waals surface area contributed by atoms with Crippen LogP contribution in [0.25, 0.3) is 0 Å². The number of nitrogens with two attached hydrogens (primary N) is 1. The number of terminal acetylenes is 2. The van der Waals surface area contributed by atoms with E-state index in [1.54, 1.807) is 6.20 Å². The number of hydrogen-bond acceptors (Lipinski definition) is 6. The maximum absolute atomic E-state index is 12.2. The third-order valence-corrected chi connectivity index (χ3v) is 6.00. The zero-order valence-corrected chi connectivity index (χ0v) is 39.6. The second-order valence-corrected chi connectivity index (χ2v) is 11.1. The molecule has 1 unspecified atom stereocenters. The SMILES string of the molecule is C#CC#CC#CC#CC#CC#CC#CC#CC#CC#CC#CC#CC#CC#CC#CN(C#CC#CC#CC#CC#CC#CC#CC#CC#CC#CC#CC#CC#CC#CC#C)CCOCCOC(=O)C(N)Cc1cnc[nH]1. The minimum Gasteiger partial charge on any atom is -0.462 e.